The van der Waals surface area contributed by atoms with Crippen LogP contribution in [0.4, 0.5) is 0 Å². The van der Waals surface area contributed by atoms with Crippen LogP contribution in [0.1, 0.15) is 116 Å². The molecule has 160 valence electrons. The monoisotopic (exact) mass is 382 g/mol. The van der Waals surface area contributed by atoms with Crippen molar-refractivity contribution in [3.63, 3.8) is 0 Å². The van der Waals surface area contributed by atoms with Gasteiger partial charge in [-0.2, -0.15) is 0 Å². The minimum atomic E-state index is -0.654. The Labute approximate surface area is 168 Å². The Hall–Kier alpha value is -0.570. The molecule has 3 unspecified atom stereocenters. The second-order valence-electron chi connectivity index (χ2n) is 8.97. The van der Waals surface area contributed by atoms with Gasteiger partial charge < -0.3 is 9.84 Å². The predicted molar refractivity (Wildman–Crippen MR) is 114 cm³/mol. The molecule has 1 rings (SSSR count). The molecule has 3 heteroatoms. The number of aliphatic carboxylic acids is 1. The molecule has 0 aromatic rings. The van der Waals surface area contributed by atoms with E-state index in [9.17, 15) is 4.79 Å². The van der Waals surface area contributed by atoms with Crippen LogP contribution < -0.4 is 0 Å². The Kier molecular flexibility index (Phi) is 14.9. The molecule has 0 aliphatic heterocycles. The highest BCUT2D eigenvalue weighted by Crippen LogP contribution is 2.45. The van der Waals surface area contributed by atoms with Crippen molar-refractivity contribution in [1.82, 2.24) is 0 Å². The molecule has 1 aliphatic rings. The van der Waals surface area contributed by atoms with Crippen LogP contribution in [0.5, 0.6) is 0 Å². The summed E-state index contributed by atoms with van der Waals surface area (Å²) in [6.45, 7) is 3.35. The summed E-state index contributed by atoms with van der Waals surface area (Å²) in [5.41, 5.74) is 0. The first-order chi connectivity index (χ1) is 13.1. The first kappa shape index (κ1) is 24.5. The molecule has 0 bridgehead atoms. The zero-order valence-corrected chi connectivity index (χ0v) is 18.2. The van der Waals surface area contributed by atoms with Crippen LogP contribution in [-0.2, 0) is 9.53 Å². The molecule has 3 nitrogen and oxygen atoms in total. The summed E-state index contributed by atoms with van der Waals surface area (Å²) in [7, 11) is 1.85. The van der Waals surface area contributed by atoms with Crippen LogP contribution in [0.25, 0.3) is 0 Å². The molecule has 0 amide bonds. The summed E-state index contributed by atoms with van der Waals surface area (Å²) >= 11 is 0. The largest absolute Gasteiger partial charge is 0.481 e. The van der Waals surface area contributed by atoms with Gasteiger partial charge in [-0.25, -0.2) is 0 Å². The van der Waals surface area contributed by atoms with E-state index in [0.717, 1.165) is 37.2 Å². The third kappa shape index (κ3) is 14.1. The molecule has 1 N–H and O–H groups in total. The molecular weight excluding hydrogens is 336 g/mol. The van der Waals surface area contributed by atoms with E-state index < -0.39 is 5.97 Å². The van der Waals surface area contributed by atoms with E-state index in [1.807, 2.05) is 7.11 Å². The van der Waals surface area contributed by atoms with Crippen molar-refractivity contribution < 1.29 is 14.6 Å². The van der Waals surface area contributed by atoms with Gasteiger partial charge >= 0.3 is 5.97 Å². The Morgan fingerprint density at radius 3 is 1.63 bits per heavy atom. The third-order valence-corrected chi connectivity index (χ3v) is 6.37. The molecule has 3 atom stereocenters. The molecule has 1 saturated carbocycles. The van der Waals surface area contributed by atoms with E-state index in [0.29, 0.717) is 6.42 Å². The fourth-order valence-corrected chi connectivity index (χ4v) is 4.45. The van der Waals surface area contributed by atoms with Crippen LogP contribution in [0.2, 0.25) is 0 Å². The number of hydrogen-bond donors (Lipinski definition) is 1. The summed E-state index contributed by atoms with van der Waals surface area (Å²) in [5, 5.41) is 8.59. The zero-order valence-electron chi connectivity index (χ0n) is 18.2. The molecule has 27 heavy (non-hydrogen) atoms. The second-order valence-corrected chi connectivity index (χ2v) is 8.97. The standard InChI is InChI=1S/C24H46O3/c1-21-19-23(21)22(20-27-2)17-15-13-11-9-7-5-3-4-6-8-10-12-14-16-18-24(25)26/h21-23H,3-20H2,1-2H3,(H,25,26). The molecule has 1 fully saturated rings. The van der Waals surface area contributed by atoms with Gasteiger partial charge in [0.25, 0.3) is 0 Å². The van der Waals surface area contributed by atoms with Crippen LogP contribution in [-0.4, -0.2) is 24.8 Å². The molecule has 0 aromatic carbocycles. The number of carboxylic acids is 1. The Balaban J connectivity index is 1.75. The highest BCUT2D eigenvalue weighted by atomic mass is 16.5. The first-order valence-corrected chi connectivity index (χ1v) is 11.9. The molecule has 0 spiro atoms. The maximum absolute atomic E-state index is 10.4. The van der Waals surface area contributed by atoms with E-state index in [-0.39, 0.29) is 0 Å². The average Bonchev–Trinajstić information content (AvgIpc) is 3.36. The quantitative estimate of drug-likeness (QED) is 0.226. The van der Waals surface area contributed by atoms with Crippen molar-refractivity contribution in [3.05, 3.63) is 0 Å². The van der Waals surface area contributed by atoms with Gasteiger partial charge in [0, 0.05) is 20.1 Å². The van der Waals surface area contributed by atoms with Crippen molar-refractivity contribution in [3.8, 4) is 0 Å². The van der Waals surface area contributed by atoms with Crippen molar-refractivity contribution in [2.75, 3.05) is 13.7 Å². The normalized spacial score (nSPS) is 19.9. The van der Waals surface area contributed by atoms with Gasteiger partial charge in [-0.3, -0.25) is 4.79 Å². The fraction of sp³-hybridized carbons (Fsp3) is 0.958. The van der Waals surface area contributed by atoms with Crippen molar-refractivity contribution in [2.24, 2.45) is 17.8 Å². The Morgan fingerprint density at radius 2 is 1.26 bits per heavy atom. The van der Waals surface area contributed by atoms with E-state index in [2.05, 4.69) is 6.92 Å². The lowest BCUT2D eigenvalue weighted by molar-refractivity contribution is -0.137. The lowest BCUT2D eigenvalue weighted by atomic mass is 9.95. The van der Waals surface area contributed by atoms with E-state index in [1.165, 1.54) is 89.9 Å². The average molecular weight is 383 g/mol. The van der Waals surface area contributed by atoms with Gasteiger partial charge in [0.15, 0.2) is 0 Å². The van der Waals surface area contributed by atoms with Crippen LogP contribution in [0.15, 0.2) is 0 Å². The SMILES string of the molecule is COCC(CCCCCCCCCCCCCCCCC(=O)O)C1CC1C. The highest BCUT2D eigenvalue weighted by molar-refractivity contribution is 5.66. The van der Waals surface area contributed by atoms with Crippen molar-refractivity contribution >= 4 is 5.97 Å². The Morgan fingerprint density at radius 1 is 0.852 bits per heavy atom. The maximum Gasteiger partial charge on any atom is 0.303 e. The Bertz CT molecular complexity index is 356. The lowest BCUT2D eigenvalue weighted by Crippen LogP contribution is -2.11. The fourth-order valence-electron chi connectivity index (χ4n) is 4.45. The zero-order chi connectivity index (χ0) is 19.7. The molecule has 0 aromatic heterocycles. The molecule has 1 aliphatic carbocycles. The summed E-state index contributed by atoms with van der Waals surface area (Å²) in [6, 6.07) is 0. The lowest BCUT2D eigenvalue weighted by Gasteiger charge is -2.15. The minimum Gasteiger partial charge on any atom is -0.481 e. The number of carboxylic acid groups (broad SMARTS) is 1. The number of carbonyl (C=O) groups is 1. The van der Waals surface area contributed by atoms with Crippen LogP contribution >= 0.6 is 0 Å². The van der Waals surface area contributed by atoms with Gasteiger partial charge in [0.1, 0.15) is 0 Å². The topological polar surface area (TPSA) is 46.5 Å². The maximum atomic E-state index is 10.4. The summed E-state index contributed by atoms with van der Waals surface area (Å²) in [5.74, 6) is 2.07. The predicted octanol–water partition coefficient (Wildman–Crippen LogP) is 7.23. The van der Waals surface area contributed by atoms with Crippen LogP contribution in [0.3, 0.4) is 0 Å². The van der Waals surface area contributed by atoms with Crippen molar-refractivity contribution in [2.45, 2.75) is 116 Å². The highest BCUT2D eigenvalue weighted by Gasteiger charge is 2.38. The van der Waals surface area contributed by atoms with Gasteiger partial charge in [-0.15, -0.1) is 0 Å². The van der Waals surface area contributed by atoms with Gasteiger partial charge in [0.2, 0.25) is 0 Å². The van der Waals surface area contributed by atoms with E-state index in [4.69, 9.17) is 9.84 Å². The van der Waals surface area contributed by atoms with Crippen molar-refractivity contribution in [1.29, 1.82) is 0 Å². The summed E-state index contributed by atoms with van der Waals surface area (Å²) in [4.78, 5) is 10.4. The third-order valence-electron chi connectivity index (χ3n) is 6.37. The molecule has 0 saturated heterocycles. The second kappa shape index (κ2) is 16.4. The summed E-state index contributed by atoms with van der Waals surface area (Å²) in [6.07, 6.45) is 21.5. The smallest absolute Gasteiger partial charge is 0.303 e. The molecular formula is C24H46O3. The van der Waals surface area contributed by atoms with Crippen LogP contribution in [0, 0.1) is 17.8 Å². The first-order valence-electron chi connectivity index (χ1n) is 11.9. The van der Waals surface area contributed by atoms with Gasteiger partial charge in [-0.1, -0.05) is 90.4 Å². The number of methoxy groups -OCH3 is 1. The van der Waals surface area contributed by atoms with Gasteiger partial charge in [0.05, 0.1) is 0 Å². The molecule has 0 radical (unpaired) electrons. The van der Waals surface area contributed by atoms with E-state index >= 15 is 0 Å². The summed E-state index contributed by atoms with van der Waals surface area (Å²) < 4.78 is 5.42. The molecule has 0 heterocycles. The number of rotatable bonds is 20. The number of unbranched alkanes of at least 4 members (excludes halogenated alkanes) is 13. The van der Waals surface area contributed by atoms with E-state index in [1.54, 1.807) is 0 Å². The number of hydrogen-bond acceptors (Lipinski definition) is 2. The number of ether oxygens (including phenoxy) is 1. The minimum absolute atomic E-state index is 0.341. The van der Waals surface area contributed by atoms with Gasteiger partial charge in [-0.05, 0) is 37.0 Å².